The van der Waals surface area contributed by atoms with Gasteiger partial charge in [-0.3, -0.25) is 0 Å². The molecule has 1 heterocycles. The summed E-state index contributed by atoms with van der Waals surface area (Å²) in [5.41, 5.74) is 16.3. The van der Waals surface area contributed by atoms with E-state index in [2.05, 4.69) is 264 Å². The highest BCUT2D eigenvalue weighted by molar-refractivity contribution is 6.10. The SMILES string of the molecule is c1cc(-c2ccc3ccccc3c2)cc(N(c2ccc(-c3ccc4ccccc4c3)cc2)c2ccc(-c3ccccc3-c3ccccc3-n3c4ccccc4c4ccccc43)cc2)c1. The van der Waals surface area contributed by atoms with Crippen LogP contribution in [0.4, 0.5) is 17.1 Å². The van der Waals surface area contributed by atoms with Crippen molar-refractivity contribution in [3.8, 4) is 50.2 Å². The molecule has 0 spiro atoms. The molecule has 0 radical (unpaired) electrons. The predicted molar refractivity (Wildman–Crippen MR) is 272 cm³/mol. The minimum Gasteiger partial charge on any atom is -0.310 e. The van der Waals surface area contributed by atoms with Crippen molar-refractivity contribution in [3.63, 3.8) is 0 Å². The van der Waals surface area contributed by atoms with E-state index >= 15 is 0 Å². The van der Waals surface area contributed by atoms with E-state index in [-0.39, 0.29) is 0 Å². The summed E-state index contributed by atoms with van der Waals surface area (Å²) in [5, 5.41) is 7.49. The molecule has 12 aromatic rings. The quantitative estimate of drug-likeness (QED) is 0.148. The molecule has 0 saturated heterocycles. The van der Waals surface area contributed by atoms with Crippen LogP contribution in [0.2, 0.25) is 0 Å². The van der Waals surface area contributed by atoms with Gasteiger partial charge in [0.25, 0.3) is 0 Å². The molecule has 0 bridgehead atoms. The Bertz CT molecular complexity index is 3620. The second-order valence-electron chi connectivity index (χ2n) is 16.5. The lowest BCUT2D eigenvalue weighted by molar-refractivity contribution is 1.18. The fourth-order valence-corrected chi connectivity index (χ4v) is 9.65. The molecule has 0 atom stereocenters. The molecule has 0 aliphatic carbocycles. The third-order valence-electron chi connectivity index (χ3n) is 12.8. The zero-order valence-electron chi connectivity index (χ0n) is 35.1. The molecule has 64 heavy (non-hydrogen) atoms. The smallest absolute Gasteiger partial charge is 0.0541 e. The number of aromatic nitrogens is 1. The Hall–Kier alpha value is -8.46. The van der Waals surface area contributed by atoms with Gasteiger partial charge in [0.2, 0.25) is 0 Å². The van der Waals surface area contributed by atoms with Crippen molar-refractivity contribution in [2.75, 3.05) is 4.90 Å². The van der Waals surface area contributed by atoms with Gasteiger partial charge in [-0.15, -0.1) is 0 Å². The van der Waals surface area contributed by atoms with Crippen molar-refractivity contribution in [2.24, 2.45) is 0 Å². The van der Waals surface area contributed by atoms with Gasteiger partial charge in [-0.1, -0.05) is 188 Å². The van der Waals surface area contributed by atoms with E-state index in [1.54, 1.807) is 0 Å². The molecule has 0 amide bonds. The van der Waals surface area contributed by atoms with Crippen LogP contribution in [0.25, 0.3) is 93.5 Å². The Kier molecular flexibility index (Phi) is 9.20. The van der Waals surface area contributed by atoms with Gasteiger partial charge in [0.05, 0.1) is 16.7 Å². The Labute approximate surface area is 373 Å². The van der Waals surface area contributed by atoms with Crippen LogP contribution >= 0.6 is 0 Å². The van der Waals surface area contributed by atoms with Crippen LogP contribution in [0.15, 0.2) is 255 Å². The van der Waals surface area contributed by atoms with Crippen molar-refractivity contribution in [2.45, 2.75) is 0 Å². The van der Waals surface area contributed by atoms with E-state index in [0.29, 0.717) is 0 Å². The number of nitrogens with zero attached hydrogens (tertiary/aromatic N) is 2. The van der Waals surface area contributed by atoms with Crippen LogP contribution in [0, 0.1) is 0 Å². The molecular formula is C62H42N2. The molecule has 0 aliphatic heterocycles. The number of rotatable bonds is 8. The Morgan fingerprint density at radius 3 is 1.33 bits per heavy atom. The number of para-hydroxylation sites is 3. The van der Waals surface area contributed by atoms with E-state index in [0.717, 1.165) is 28.3 Å². The predicted octanol–water partition coefficient (Wildman–Crippen LogP) is 17.2. The number of anilines is 3. The van der Waals surface area contributed by atoms with Gasteiger partial charge in [0, 0.05) is 33.4 Å². The summed E-state index contributed by atoms with van der Waals surface area (Å²) in [5.74, 6) is 0. The van der Waals surface area contributed by atoms with Crippen molar-refractivity contribution in [3.05, 3.63) is 255 Å². The summed E-state index contributed by atoms with van der Waals surface area (Å²) in [7, 11) is 0. The van der Waals surface area contributed by atoms with Crippen LogP contribution in [-0.2, 0) is 0 Å². The maximum atomic E-state index is 2.43. The van der Waals surface area contributed by atoms with Gasteiger partial charge < -0.3 is 9.47 Å². The third kappa shape index (κ3) is 6.61. The fourth-order valence-electron chi connectivity index (χ4n) is 9.65. The highest BCUT2D eigenvalue weighted by atomic mass is 15.1. The number of benzene rings is 11. The molecule has 2 heteroatoms. The molecule has 0 saturated carbocycles. The first kappa shape index (κ1) is 37.3. The molecule has 0 fully saturated rings. The minimum absolute atomic E-state index is 1.08. The topological polar surface area (TPSA) is 8.17 Å². The van der Waals surface area contributed by atoms with Crippen LogP contribution in [0.5, 0.6) is 0 Å². The average molecular weight is 815 g/mol. The molecule has 12 rings (SSSR count). The summed E-state index contributed by atoms with van der Waals surface area (Å²) in [6.07, 6.45) is 0. The number of fused-ring (bicyclic) bond motifs is 5. The molecule has 0 unspecified atom stereocenters. The van der Waals surface area contributed by atoms with Gasteiger partial charge in [-0.2, -0.15) is 0 Å². The van der Waals surface area contributed by atoms with E-state index in [4.69, 9.17) is 0 Å². The first-order chi connectivity index (χ1) is 31.7. The Morgan fingerprint density at radius 2 is 0.703 bits per heavy atom. The van der Waals surface area contributed by atoms with E-state index in [1.165, 1.54) is 82.3 Å². The average Bonchev–Trinajstić information content (AvgIpc) is 3.71. The van der Waals surface area contributed by atoms with Crippen LogP contribution in [0.3, 0.4) is 0 Å². The summed E-state index contributed by atoms with van der Waals surface area (Å²) in [4.78, 5) is 2.38. The normalized spacial score (nSPS) is 11.4. The second kappa shape index (κ2) is 15.8. The largest absolute Gasteiger partial charge is 0.310 e. The molecule has 1 aromatic heterocycles. The zero-order chi connectivity index (χ0) is 42.4. The second-order valence-corrected chi connectivity index (χ2v) is 16.5. The minimum atomic E-state index is 1.08. The highest BCUT2D eigenvalue weighted by Gasteiger charge is 2.19. The molecule has 300 valence electrons. The number of hydrogen-bond acceptors (Lipinski definition) is 1. The maximum Gasteiger partial charge on any atom is 0.0541 e. The van der Waals surface area contributed by atoms with Crippen molar-refractivity contribution < 1.29 is 0 Å². The molecule has 0 N–H and O–H groups in total. The lowest BCUT2D eigenvalue weighted by Gasteiger charge is -2.26. The molecule has 0 aliphatic rings. The molecule has 11 aromatic carbocycles. The third-order valence-corrected chi connectivity index (χ3v) is 12.8. The zero-order valence-corrected chi connectivity index (χ0v) is 35.1. The molecular weight excluding hydrogens is 773 g/mol. The first-order valence-electron chi connectivity index (χ1n) is 22.0. The highest BCUT2D eigenvalue weighted by Crippen LogP contribution is 2.42. The Morgan fingerprint density at radius 1 is 0.250 bits per heavy atom. The van der Waals surface area contributed by atoms with E-state index in [9.17, 15) is 0 Å². The summed E-state index contributed by atoms with van der Waals surface area (Å²) < 4.78 is 2.43. The summed E-state index contributed by atoms with van der Waals surface area (Å²) in [6, 6.07) is 92.7. The lowest BCUT2D eigenvalue weighted by Crippen LogP contribution is -2.10. The maximum absolute atomic E-state index is 2.43. The summed E-state index contributed by atoms with van der Waals surface area (Å²) >= 11 is 0. The van der Waals surface area contributed by atoms with E-state index < -0.39 is 0 Å². The van der Waals surface area contributed by atoms with Crippen LogP contribution in [0.1, 0.15) is 0 Å². The van der Waals surface area contributed by atoms with Gasteiger partial charge in [-0.25, -0.2) is 0 Å². The fraction of sp³-hybridized carbons (Fsp3) is 0. The summed E-state index contributed by atoms with van der Waals surface area (Å²) in [6.45, 7) is 0. The van der Waals surface area contributed by atoms with Gasteiger partial charge in [0.1, 0.15) is 0 Å². The van der Waals surface area contributed by atoms with Crippen molar-refractivity contribution in [1.82, 2.24) is 4.57 Å². The van der Waals surface area contributed by atoms with Crippen molar-refractivity contribution in [1.29, 1.82) is 0 Å². The van der Waals surface area contributed by atoms with Crippen LogP contribution < -0.4 is 4.90 Å². The Balaban J connectivity index is 0.954. The monoisotopic (exact) mass is 814 g/mol. The van der Waals surface area contributed by atoms with Gasteiger partial charge in [0.15, 0.2) is 0 Å². The van der Waals surface area contributed by atoms with E-state index in [1.807, 2.05) is 0 Å². The lowest BCUT2D eigenvalue weighted by atomic mass is 9.93. The van der Waals surface area contributed by atoms with Gasteiger partial charge in [-0.05, 0) is 127 Å². The van der Waals surface area contributed by atoms with Crippen LogP contribution in [-0.4, -0.2) is 4.57 Å². The first-order valence-corrected chi connectivity index (χ1v) is 22.0. The van der Waals surface area contributed by atoms with Crippen molar-refractivity contribution >= 4 is 60.4 Å². The van der Waals surface area contributed by atoms with Gasteiger partial charge >= 0.3 is 0 Å². The number of hydrogen-bond donors (Lipinski definition) is 0. The molecule has 2 nitrogen and oxygen atoms in total. The standard InChI is InChI=1S/C62H42N2/c1-3-16-47-40-50(30-28-43(47)14-1)45-32-36-52(37-33-45)63(54-19-13-18-49(42-54)51-31-29-44-15-2-4-17-48(44)41-51)53-38-34-46(35-39-53)55-20-5-6-21-56(55)57-22-7-10-25-60(57)64-61-26-11-8-23-58(61)59-24-9-12-27-62(59)64/h1-42H.